The number of fused-ring (bicyclic) bond motifs is 1. The Morgan fingerprint density at radius 3 is 2.72 bits per heavy atom. The van der Waals surface area contributed by atoms with E-state index in [1.54, 1.807) is 0 Å². The van der Waals surface area contributed by atoms with Gasteiger partial charge in [-0.25, -0.2) is 0 Å². The van der Waals surface area contributed by atoms with Crippen LogP contribution in [0.25, 0.3) is 10.8 Å². The molecule has 25 heavy (non-hydrogen) atoms. The maximum Gasteiger partial charge on any atom is 0.264 e. The van der Waals surface area contributed by atoms with E-state index in [-0.39, 0.29) is 17.2 Å². The van der Waals surface area contributed by atoms with Crippen LogP contribution < -0.4 is 10.9 Å². The zero-order valence-electron chi connectivity index (χ0n) is 13.8. The minimum absolute atomic E-state index is 0.0462. The number of phenols is 1. The van der Waals surface area contributed by atoms with Crippen LogP contribution in [0.4, 0.5) is 0 Å². The summed E-state index contributed by atoms with van der Waals surface area (Å²) >= 11 is 0. The van der Waals surface area contributed by atoms with Crippen molar-refractivity contribution in [2.75, 3.05) is 6.54 Å². The average molecular weight is 339 g/mol. The van der Waals surface area contributed by atoms with Gasteiger partial charge in [-0.05, 0) is 30.2 Å². The first-order chi connectivity index (χ1) is 12.1. The van der Waals surface area contributed by atoms with Gasteiger partial charge in [-0.3, -0.25) is 14.7 Å². The molecule has 0 aliphatic heterocycles. The van der Waals surface area contributed by atoms with Crippen LogP contribution in [-0.4, -0.2) is 27.8 Å². The van der Waals surface area contributed by atoms with Crippen molar-refractivity contribution in [1.82, 2.24) is 15.5 Å². The number of nitrogens with one attached hydrogen (secondary N) is 3. The van der Waals surface area contributed by atoms with E-state index >= 15 is 0 Å². The molecule has 0 saturated heterocycles. The van der Waals surface area contributed by atoms with Crippen LogP contribution in [0.5, 0.6) is 5.75 Å². The third-order valence-electron chi connectivity index (χ3n) is 4.20. The molecule has 3 aromatic rings. The first-order valence-corrected chi connectivity index (χ1v) is 8.36. The number of hydrogen-bond acceptors (Lipinski definition) is 3. The summed E-state index contributed by atoms with van der Waals surface area (Å²) in [6.45, 7) is 0.551. The van der Waals surface area contributed by atoms with Gasteiger partial charge in [0.05, 0.1) is 0 Å². The number of rotatable bonds is 7. The molecular weight excluding hydrogens is 318 g/mol. The Hall–Kier alpha value is -3.02. The summed E-state index contributed by atoms with van der Waals surface area (Å²) in [7, 11) is 0. The molecule has 0 unspecified atom stereocenters. The number of carbonyl (C=O) groups is 1. The van der Waals surface area contributed by atoms with Crippen LogP contribution in [0.15, 0.2) is 47.3 Å². The molecule has 6 nitrogen and oxygen atoms in total. The highest BCUT2D eigenvalue weighted by molar-refractivity contribution is 5.89. The van der Waals surface area contributed by atoms with Gasteiger partial charge in [-0.15, -0.1) is 0 Å². The second kappa shape index (κ2) is 7.70. The average Bonchev–Trinajstić information content (AvgIpc) is 3.04. The van der Waals surface area contributed by atoms with Crippen molar-refractivity contribution in [2.24, 2.45) is 0 Å². The Morgan fingerprint density at radius 2 is 1.92 bits per heavy atom. The predicted octanol–water partition coefficient (Wildman–Crippen LogP) is 2.24. The van der Waals surface area contributed by atoms with Gasteiger partial charge in [0.15, 0.2) is 0 Å². The van der Waals surface area contributed by atoms with E-state index in [1.165, 1.54) is 6.07 Å². The highest BCUT2D eigenvalue weighted by atomic mass is 16.3. The fraction of sp³-hybridized carbons (Fsp3) is 0.263. The molecule has 0 fully saturated rings. The van der Waals surface area contributed by atoms with Gasteiger partial charge in [0.25, 0.3) is 5.56 Å². The number of aryl methyl sites for hydroxylation is 2. The monoisotopic (exact) mass is 339 g/mol. The highest BCUT2D eigenvalue weighted by Crippen LogP contribution is 2.29. The number of H-pyrrole nitrogens is 2. The van der Waals surface area contributed by atoms with Crippen LogP contribution >= 0.6 is 0 Å². The Balaban J connectivity index is 1.46. The molecule has 0 aliphatic carbocycles. The fourth-order valence-corrected chi connectivity index (χ4v) is 2.85. The molecule has 1 aromatic heterocycles. The molecule has 0 aliphatic rings. The zero-order chi connectivity index (χ0) is 17.6. The Bertz CT molecular complexity index is 927. The van der Waals surface area contributed by atoms with E-state index in [4.69, 9.17) is 0 Å². The summed E-state index contributed by atoms with van der Waals surface area (Å²) in [5.41, 5.74) is 1.47. The molecule has 0 bridgehead atoms. The van der Waals surface area contributed by atoms with Crippen LogP contribution in [0, 0.1) is 0 Å². The lowest BCUT2D eigenvalue weighted by atomic mass is 10.0. The smallest absolute Gasteiger partial charge is 0.264 e. The van der Waals surface area contributed by atoms with Crippen molar-refractivity contribution < 1.29 is 9.90 Å². The van der Waals surface area contributed by atoms with Gasteiger partial charge in [0.2, 0.25) is 5.91 Å². The molecule has 4 N–H and O–H groups in total. The van der Waals surface area contributed by atoms with Gasteiger partial charge in [0, 0.05) is 30.1 Å². The van der Waals surface area contributed by atoms with Gasteiger partial charge in [-0.1, -0.05) is 36.4 Å². The summed E-state index contributed by atoms with van der Waals surface area (Å²) in [6, 6.07) is 13.0. The van der Waals surface area contributed by atoms with Gasteiger partial charge in [-0.2, -0.15) is 0 Å². The standard InChI is InChI=1S/C19H21N3O3/c23-17(20-11-3-5-15-12-18(24)22-21-15)10-9-14-8-7-13-4-1-2-6-16(13)19(14)25/h1-2,4,6-8,12,25H,3,5,9-11H2,(H,20,23)(H2,21,22,24). The molecule has 0 saturated carbocycles. The number of phenolic OH excluding ortho intramolecular Hbond substituents is 1. The molecular formula is C19H21N3O3. The Labute approximate surface area is 144 Å². The van der Waals surface area contributed by atoms with E-state index < -0.39 is 0 Å². The first kappa shape index (κ1) is 16.8. The lowest BCUT2D eigenvalue weighted by Gasteiger charge is -2.08. The van der Waals surface area contributed by atoms with Crippen molar-refractivity contribution in [3.05, 3.63) is 64.1 Å². The van der Waals surface area contributed by atoms with Crippen molar-refractivity contribution in [3.63, 3.8) is 0 Å². The lowest BCUT2D eigenvalue weighted by Crippen LogP contribution is -2.25. The number of aromatic hydroxyl groups is 1. The van der Waals surface area contributed by atoms with Crippen molar-refractivity contribution in [3.8, 4) is 5.75 Å². The molecule has 0 atom stereocenters. The minimum atomic E-state index is -0.144. The van der Waals surface area contributed by atoms with Crippen molar-refractivity contribution in [1.29, 1.82) is 0 Å². The summed E-state index contributed by atoms with van der Waals surface area (Å²) in [4.78, 5) is 22.9. The van der Waals surface area contributed by atoms with E-state index in [9.17, 15) is 14.7 Å². The number of benzene rings is 2. The van der Waals surface area contributed by atoms with Crippen LogP contribution in [-0.2, 0) is 17.6 Å². The normalized spacial score (nSPS) is 10.9. The third kappa shape index (κ3) is 4.29. The second-order valence-corrected chi connectivity index (χ2v) is 6.03. The van der Waals surface area contributed by atoms with E-state index in [0.29, 0.717) is 25.8 Å². The maximum absolute atomic E-state index is 11.9. The molecule has 3 rings (SSSR count). The van der Waals surface area contributed by atoms with Gasteiger partial charge < -0.3 is 15.5 Å². The van der Waals surface area contributed by atoms with E-state index in [0.717, 1.165) is 28.5 Å². The number of hydrogen-bond donors (Lipinski definition) is 4. The van der Waals surface area contributed by atoms with Gasteiger partial charge in [0.1, 0.15) is 5.75 Å². The molecule has 0 radical (unpaired) electrons. The van der Waals surface area contributed by atoms with E-state index in [1.807, 2.05) is 36.4 Å². The lowest BCUT2D eigenvalue weighted by molar-refractivity contribution is -0.121. The fourth-order valence-electron chi connectivity index (χ4n) is 2.85. The van der Waals surface area contributed by atoms with Crippen LogP contribution in [0.1, 0.15) is 24.1 Å². The third-order valence-corrected chi connectivity index (χ3v) is 4.20. The number of aromatic amines is 2. The SMILES string of the molecule is O=C(CCc1ccc2ccccc2c1O)NCCCc1cc(=O)[nH][nH]1. The van der Waals surface area contributed by atoms with E-state index in [2.05, 4.69) is 15.5 Å². The molecule has 130 valence electrons. The maximum atomic E-state index is 11.9. The molecule has 1 heterocycles. The van der Waals surface area contributed by atoms with Crippen LogP contribution in [0.3, 0.4) is 0 Å². The number of amides is 1. The quantitative estimate of drug-likeness (QED) is 0.497. The molecule has 0 spiro atoms. The number of aromatic nitrogens is 2. The first-order valence-electron chi connectivity index (χ1n) is 8.36. The Kier molecular flexibility index (Phi) is 5.18. The largest absolute Gasteiger partial charge is 0.507 e. The topological polar surface area (TPSA) is 98.0 Å². The van der Waals surface area contributed by atoms with Gasteiger partial charge >= 0.3 is 0 Å². The zero-order valence-corrected chi connectivity index (χ0v) is 13.8. The molecule has 2 aromatic carbocycles. The highest BCUT2D eigenvalue weighted by Gasteiger charge is 2.08. The molecule has 6 heteroatoms. The Morgan fingerprint density at radius 1 is 1.08 bits per heavy atom. The summed E-state index contributed by atoms with van der Waals surface area (Å²) < 4.78 is 0. The summed E-state index contributed by atoms with van der Waals surface area (Å²) in [5.74, 6) is 0.206. The predicted molar refractivity (Wildman–Crippen MR) is 96.7 cm³/mol. The van der Waals surface area contributed by atoms with Crippen LogP contribution in [0.2, 0.25) is 0 Å². The van der Waals surface area contributed by atoms with Crippen molar-refractivity contribution in [2.45, 2.75) is 25.7 Å². The molecule has 1 amide bonds. The second-order valence-electron chi connectivity index (χ2n) is 6.03. The summed E-state index contributed by atoms with van der Waals surface area (Å²) in [5, 5.41) is 20.3. The van der Waals surface area contributed by atoms with Crippen molar-refractivity contribution >= 4 is 16.7 Å². The summed E-state index contributed by atoms with van der Waals surface area (Å²) in [6.07, 6.45) is 2.27. The minimum Gasteiger partial charge on any atom is -0.507 e. The number of carbonyl (C=O) groups excluding carboxylic acids is 1.